The largest absolute Gasteiger partial charge is 0.244 e. The maximum Gasteiger partial charge on any atom is 0.0391 e. The van der Waals surface area contributed by atoms with Crippen LogP contribution in [0.25, 0.3) is 0 Å². The molecule has 0 amide bonds. The molecular formula is C7H13NP2. The highest BCUT2D eigenvalue weighted by atomic mass is 31.8. The van der Waals surface area contributed by atoms with Gasteiger partial charge in [0.05, 0.1) is 0 Å². The third-order valence-electron chi connectivity index (χ3n) is 1.50. The van der Waals surface area contributed by atoms with E-state index in [0.29, 0.717) is 0 Å². The Labute approximate surface area is 65.4 Å². The van der Waals surface area contributed by atoms with Gasteiger partial charge < -0.3 is 0 Å². The Balaban J connectivity index is 2.15. The molecule has 0 aliphatic carbocycles. The normalized spacial score (nSPS) is 11.7. The number of hydrogen-bond acceptors (Lipinski definition) is 1. The third kappa shape index (κ3) is 2.82. The first-order valence-corrected chi connectivity index (χ1v) is 6.46. The molecule has 0 aliphatic rings. The van der Waals surface area contributed by atoms with Gasteiger partial charge in [-0.2, -0.15) is 0 Å². The highest BCUT2D eigenvalue weighted by Gasteiger charge is 1.92. The molecule has 1 unspecified atom stereocenters. The van der Waals surface area contributed by atoms with Gasteiger partial charge in [0, 0.05) is 11.5 Å². The van der Waals surface area contributed by atoms with Crippen molar-refractivity contribution in [3.8, 4) is 0 Å². The van der Waals surface area contributed by atoms with Crippen LogP contribution in [0.3, 0.4) is 0 Å². The molecule has 0 bridgehead atoms. The molecule has 0 saturated carbocycles. The zero-order valence-corrected chi connectivity index (χ0v) is 8.19. The Morgan fingerprint density at radius 2 is 2.50 bits per heavy atom. The van der Waals surface area contributed by atoms with Gasteiger partial charge in [0.2, 0.25) is 0 Å². The SMILES string of the molecule is CCCCCc1cn[pH]p1. The van der Waals surface area contributed by atoms with E-state index in [-0.39, 0.29) is 0 Å². The van der Waals surface area contributed by atoms with Crippen molar-refractivity contribution >= 4 is 15.9 Å². The summed E-state index contributed by atoms with van der Waals surface area (Å²) >= 11 is 0. The number of unbranched alkanes of at least 4 members (excludes halogenated alkanes) is 2. The Morgan fingerprint density at radius 3 is 3.10 bits per heavy atom. The summed E-state index contributed by atoms with van der Waals surface area (Å²) < 4.78 is 4.20. The predicted octanol–water partition coefficient (Wildman–Crippen LogP) is 3.43. The summed E-state index contributed by atoms with van der Waals surface area (Å²) in [7, 11) is 2.28. The van der Waals surface area contributed by atoms with Gasteiger partial charge in [-0.3, -0.25) is 0 Å². The second kappa shape index (κ2) is 4.88. The van der Waals surface area contributed by atoms with Gasteiger partial charge in [0.1, 0.15) is 0 Å². The van der Waals surface area contributed by atoms with E-state index >= 15 is 0 Å². The Kier molecular flexibility index (Phi) is 4.02. The minimum absolute atomic E-state index is 0.805. The zero-order chi connectivity index (χ0) is 7.23. The van der Waals surface area contributed by atoms with E-state index in [9.17, 15) is 0 Å². The summed E-state index contributed by atoms with van der Waals surface area (Å²) in [6.45, 7) is 2.24. The molecule has 56 valence electrons. The summed E-state index contributed by atoms with van der Waals surface area (Å²) in [5, 5.41) is 1.55. The Morgan fingerprint density at radius 1 is 1.60 bits per heavy atom. The van der Waals surface area contributed by atoms with Crippen LogP contribution in [-0.4, -0.2) is 4.75 Å². The van der Waals surface area contributed by atoms with E-state index in [1.165, 1.54) is 33.6 Å². The van der Waals surface area contributed by atoms with Gasteiger partial charge in [-0.25, -0.2) is 4.75 Å². The lowest BCUT2D eigenvalue weighted by Crippen LogP contribution is -1.78. The molecule has 0 aliphatic heterocycles. The molecule has 0 saturated heterocycles. The molecule has 10 heavy (non-hydrogen) atoms. The molecule has 1 heterocycles. The average Bonchev–Trinajstić information content (AvgIpc) is 2.41. The highest BCUT2D eigenvalue weighted by Crippen LogP contribution is 2.24. The standard InChI is InChI=1S/C7H13NP2/c1-2-3-4-5-7-6-8-10-9-7/h6,10H,2-5H2,1H3. The van der Waals surface area contributed by atoms with Crippen molar-refractivity contribution in [2.75, 3.05) is 0 Å². The summed E-state index contributed by atoms with van der Waals surface area (Å²) in [5.74, 6) is 0. The fourth-order valence-corrected chi connectivity index (χ4v) is 3.04. The van der Waals surface area contributed by atoms with Crippen molar-refractivity contribution in [3.63, 3.8) is 0 Å². The van der Waals surface area contributed by atoms with E-state index in [1.807, 2.05) is 0 Å². The molecule has 0 fully saturated rings. The van der Waals surface area contributed by atoms with E-state index < -0.39 is 0 Å². The lowest BCUT2D eigenvalue weighted by molar-refractivity contribution is 0.722. The molecule has 1 rings (SSSR count). The van der Waals surface area contributed by atoms with E-state index in [1.54, 1.807) is 5.30 Å². The molecule has 0 spiro atoms. The lowest BCUT2D eigenvalue weighted by atomic mass is 10.2. The van der Waals surface area contributed by atoms with Crippen LogP contribution in [0.15, 0.2) is 6.20 Å². The van der Waals surface area contributed by atoms with Crippen molar-refractivity contribution in [3.05, 3.63) is 11.5 Å². The van der Waals surface area contributed by atoms with Gasteiger partial charge in [-0.05, 0) is 28.7 Å². The quantitative estimate of drug-likeness (QED) is 0.635. The van der Waals surface area contributed by atoms with Crippen LogP contribution in [0, 0.1) is 0 Å². The highest BCUT2D eigenvalue weighted by molar-refractivity contribution is 7.88. The van der Waals surface area contributed by atoms with Crippen LogP contribution in [0.5, 0.6) is 0 Å². The fourth-order valence-electron chi connectivity index (χ4n) is 0.902. The van der Waals surface area contributed by atoms with Crippen LogP contribution in [0.1, 0.15) is 31.5 Å². The van der Waals surface area contributed by atoms with Crippen molar-refractivity contribution in [1.82, 2.24) is 4.75 Å². The van der Waals surface area contributed by atoms with E-state index in [4.69, 9.17) is 0 Å². The van der Waals surface area contributed by atoms with Crippen LogP contribution in [0.4, 0.5) is 0 Å². The predicted molar refractivity (Wildman–Crippen MR) is 49.5 cm³/mol. The summed E-state index contributed by atoms with van der Waals surface area (Å²) in [6, 6.07) is 0. The fraction of sp³-hybridized carbons (Fsp3) is 0.714. The molecule has 1 atom stereocenters. The Hall–Kier alpha value is 0.140. The van der Waals surface area contributed by atoms with Gasteiger partial charge in [-0.1, -0.05) is 19.8 Å². The molecule has 1 aromatic rings. The first-order chi connectivity index (χ1) is 4.93. The summed E-state index contributed by atoms with van der Waals surface area (Å²) in [4.78, 5) is 0. The molecule has 3 heteroatoms. The van der Waals surface area contributed by atoms with E-state index in [0.717, 1.165) is 8.03 Å². The molecule has 1 aromatic heterocycles. The van der Waals surface area contributed by atoms with Crippen LogP contribution in [-0.2, 0) is 6.42 Å². The van der Waals surface area contributed by atoms with Gasteiger partial charge in [0.15, 0.2) is 0 Å². The van der Waals surface area contributed by atoms with Crippen LogP contribution in [0.2, 0.25) is 0 Å². The lowest BCUT2D eigenvalue weighted by Gasteiger charge is -1.92. The molecule has 0 radical (unpaired) electrons. The molecule has 1 nitrogen and oxygen atoms in total. The number of rotatable bonds is 4. The minimum Gasteiger partial charge on any atom is -0.244 e. The van der Waals surface area contributed by atoms with Gasteiger partial charge in [0.25, 0.3) is 0 Å². The first kappa shape index (κ1) is 8.24. The van der Waals surface area contributed by atoms with Gasteiger partial charge in [-0.15, -0.1) is 0 Å². The number of nitrogens with zero attached hydrogens (tertiary/aromatic N) is 1. The monoisotopic (exact) mass is 173 g/mol. The summed E-state index contributed by atoms with van der Waals surface area (Å²) in [6.07, 6.45) is 7.40. The van der Waals surface area contributed by atoms with Crippen LogP contribution < -0.4 is 0 Å². The molecular weight excluding hydrogens is 160 g/mol. The number of aryl methyl sites for hydroxylation is 1. The van der Waals surface area contributed by atoms with E-state index in [2.05, 4.69) is 17.9 Å². The second-order valence-electron chi connectivity index (χ2n) is 2.42. The van der Waals surface area contributed by atoms with Crippen molar-refractivity contribution < 1.29 is 0 Å². The average molecular weight is 173 g/mol. The number of aromatic nitrogens is 1. The van der Waals surface area contributed by atoms with Crippen molar-refractivity contribution in [1.29, 1.82) is 0 Å². The third-order valence-corrected chi connectivity index (χ3v) is 3.98. The first-order valence-electron chi connectivity index (χ1n) is 3.78. The number of hydrogen-bond donors (Lipinski definition) is 0. The molecule has 0 N–H and O–H groups in total. The second-order valence-corrected chi connectivity index (χ2v) is 4.95. The smallest absolute Gasteiger partial charge is 0.0391 e. The Bertz CT molecular complexity index is 160. The van der Waals surface area contributed by atoms with Crippen LogP contribution >= 0.6 is 15.9 Å². The topological polar surface area (TPSA) is 12.9 Å². The maximum atomic E-state index is 4.20. The zero-order valence-electron chi connectivity index (χ0n) is 6.30. The molecule has 0 aromatic carbocycles. The minimum atomic E-state index is 0.805. The summed E-state index contributed by atoms with van der Waals surface area (Å²) in [5.41, 5.74) is 0. The van der Waals surface area contributed by atoms with Crippen molar-refractivity contribution in [2.24, 2.45) is 0 Å². The maximum absolute atomic E-state index is 4.20. The van der Waals surface area contributed by atoms with Crippen molar-refractivity contribution in [2.45, 2.75) is 32.6 Å². The van der Waals surface area contributed by atoms with Gasteiger partial charge >= 0.3 is 0 Å².